The molecule has 7 heteroatoms. The van der Waals surface area contributed by atoms with Crippen LogP contribution in [0.3, 0.4) is 0 Å². The Kier molecular flexibility index (Phi) is 5.36. The largest absolute Gasteiger partial charge is 0.489 e. The third-order valence-corrected chi connectivity index (χ3v) is 7.63. The van der Waals surface area contributed by atoms with E-state index < -0.39 is 16.1 Å². The molecule has 1 amide bonds. The van der Waals surface area contributed by atoms with Crippen LogP contribution >= 0.6 is 0 Å². The molecule has 2 unspecified atom stereocenters. The van der Waals surface area contributed by atoms with Crippen LogP contribution in [-0.2, 0) is 21.4 Å². The third-order valence-electron chi connectivity index (χ3n) is 5.67. The Balaban J connectivity index is 1.63. The number of sulfonamides is 1. The molecule has 2 atom stereocenters. The molecule has 0 saturated carbocycles. The van der Waals surface area contributed by atoms with Gasteiger partial charge in [0.25, 0.3) is 0 Å². The first-order valence-electron chi connectivity index (χ1n) is 10.00. The van der Waals surface area contributed by atoms with E-state index >= 15 is 0 Å². The molecule has 154 valence electrons. The minimum Gasteiger partial charge on any atom is -0.489 e. The van der Waals surface area contributed by atoms with E-state index in [4.69, 9.17) is 4.74 Å². The lowest BCUT2D eigenvalue weighted by atomic mass is 10.0. The van der Waals surface area contributed by atoms with E-state index in [1.807, 2.05) is 44.2 Å². The summed E-state index contributed by atoms with van der Waals surface area (Å²) in [5.41, 5.74) is 1.89. The van der Waals surface area contributed by atoms with Crippen molar-refractivity contribution in [2.24, 2.45) is 0 Å². The van der Waals surface area contributed by atoms with Gasteiger partial charge in [0.2, 0.25) is 15.9 Å². The van der Waals surface area contributed by atoms with E-state index in [-0.39, 0.29) is 22.8 Å². The van der Waals surface area contributed by atoms with Crippen molar-refractivity contribution >= 4 is 15.9 Å². The smallest absolute Gasteiger partial charge is 0.244 e. The van der Waals surface area contributed by atoms with E-state index in [0.29, 0.717) is 31.7 Å². The van der Waals surface area contributed by atoms with Crippen molar-refractivity contribution in [1.82, 2.24) is 9.62 Å². The van der Waals surface area contributed by atoms with Crippen LogP contribution in [0, 0.1) is 0 Å². The van der Waals surface area contributed by atoms with Gasteiger partial charge in [0.05, 0.1) is 4.90 Å². The number of amides is 1. The van der Waals surface area contributed by atoms with Crippen molar-refractivity contribution in [1.29, 1.82) is 0 Å². The monoisotopic (exact) mass is 414 g/mol. The van der Waals surface area contributed by atoms with Crippen molar-refractivity contribution < 1.29 is 17.9 Å². The van der Waals surface area contributed by atoms with E-state index in [9.17, 15) is 13.2 Å². The van der Waals surface area contributed by atoms with E-state index in [2.05, 4.69) is 5.32 Å². The zero-order chi connectivity index (χ0) is 20.6. The summed E-state index contributed by atoms with van der Waals surface area (Å²) in [6, 6.07) is 14.1. The van der Waals surface area contributed by atoms with Crippen LogP contribution in [-0.4, -0.2) is 37.3 Å². The highest BCUT2D eigenvalue weighted by Gasteiger charge is 2.48. The summed E-state index contributed by atoms with van der Waals surface area (Å²) >= 11 is 0. The molecular formula is C22H26N2O4S. The molecule has 1 N–H and O–H groups in total. The Morgan fingerprint density at radius 1 is 1.14 bits per heavy atom. The first-order chi connectivity index (χ1) is 13.9. The van der Waals surface area contributed by atoms with E-state index in [1.54, 1.807) is 18.2 Å². The predicted molar refractivity (Wildman–Crippen MR) is 110 cm³/mol. The van der Waals surface area contributed by atoms with Gasteiger partial charge >= 0.3 is 0 Å². The average molecular weight is 415 g/mol. The number of nitrogens with one attached hydrogen (secondary N) is 1. The summed E-state index contributed by atoms with van der Waals surface area (Å²) in [6.45, 7) is 4.82. The van der Waals surface area contributed by atoms with Crippen molar-refractivity contribution in [2.45, 2.75) is 56.2 Å². The Morgan fingerprint density at radius 2 is 1.90 bits per heavy atom. The quantitative estimate of drug-likeness (QED) is 0.788. The first kappa shape index (κ1) is 19.9. The van der Waals surface area contributed by atoms with Crippen LogP contribution < -0.4 is 10.1 Å². The second-order valence-corrected chi connectivity index (χ2v) is 9.80. The van der Waals surface area contributed by atoms with E-state index in [1.165, 1.54) is 4.31 Å². The summed E-state index contributed by atoms with van der Waals surface area (Å²) in [5, 5.41) is 2.80. The maximum absolute atomic E-state index is 13.4. The highest BCUT2D eigenvalue weighted by Crippen LogP contribution is 2.36. The normalized spacial score (nSPS) is 22.0. The van der Waals surface area contributed by atoms with E-state index in [0.717, 1.165) is 11.1 Å². The molecule has 2 aliphatic rings. The number of hydrogen-bond acceptors (Lipinski definition) is 4. The molecule has 2 fully saturated rings. The number of fused-ring (bicyclic) bond motifs is 2. The number of benzene rings is 2. The zero-order valence-electron chi connectivity index (χ0n) is 16.7. The predicted octanol–water partition coefficient (Wildman–Crippen LogP) is 3.04. The molecule has 6 nitrogen and oxygen atoms in total. The second kappa shape index (κ2) is 7.80. The van der Waals surface area contributed by atoms with Crippen molar-refractivity contribution in [2.75, 3.05) is 6.54 Å². The number of carbonyl (C=O) groups excluding carboxylic acids is 1. The van der Waals surface area contributed by atoms with Gasteiger partial charge in [-0.1, -0.05) is 44.2 Å². The highest BCUT2D eigenvalue weighted by molar-refractivity contribution is 7.89. The molecule has 2 aliphatic heterocycles. The molecule has 2 aromatic rings. The number of hydrogen-bond donors (Lipinski definition) is 1. The molecule has 4 rings (SSSR count). The second-order valence-electron chi connectivity index (χ2n) is 7.96. The van der Waals surface area contributed by atoms with Gasteiger partial charge in [0, 0.05) is 12.6 Å². The third kappa shape index (κ3) is 3.76. The number of nitrogens with zero attached hydrogens (tertiary/aromatic N) is 1. The highest BCUT2D eigenvalue weighted by atomic mass is 32.2. The maximum atomic E-state index is 13.4. The number of carbonyl (C=O) groups is 1. The lowest BCUT2D eigenvalue weighted by molar-refractivity contribution is -0.126. The van der Waals surface area contributed by atoms with Crippen molar-refractivity contribution in [3.8, 4) is 5.75 Å². The topological polar surface area (TPSA) is 75.7 Å². The van der Waals surface area contributed by atoms with Crippen LogP contribution in [0.25, 0.3) is 0 Å². The lowest BCUT2D eigenvalue weighted by Gasteiger charge is -2.33. The average Bonchev–Trinajstić information content (AvgIpc) is 3.07. The van der Waals surface area contributed by atoms with Gasteiger partial charge in [-0.3, -0.25) is 4.79 Å². The van der Waals surface area contributed by atoms with Crippen molar-refractivity contribution in [3.05, 3.63) is 59.7 Å². The number of ether oxygens (including phenoxy) is 1. The van der Waals surface area contributed by atoms with Crippen LogP contribution in [0.15, 0.2) is 53.4 Å². The molecule has 2 saturated heterocycles. The van der Waals surface area contributed by atoms with Gasteiger partial charge in [-0.15, -0.1) is 0 Å². The minimum absolute atomic E-state index is 0.0947. The Labute approximate surface area is 171 Å². The first-order valence-corrected chi connectivity index (χ1v) is 11.4. The molecule has 2 bridgehead atoms. The molecule has 2 heterocycles. The van der Waals surface area contributed by atoms with Gasteiger partial charge in [-0.05, 0) is 48.1 Å². The van der Waals surface area contributed by atoms with Gasteiger partial charge in [0.15, 0.2) is 0 Å². The minimum atomic E-state index is -3.75. The van der Waals surface area contributed by atoms with Crippen LogP contribution in [0.5, 0.6) is 5.75 Å². The summed E-state index contributed by atoms with van der Waals surface area (Å²) in [7, 11) is -3.75. The summed E-state index contributed by atoms with van der Waals surface area (Å²) in [4.78, 5) is 12.4. The van der Waals surface area contributed by atoms with Crippen LogP contribution in [0.1, 0.15) is 43.7 Å². The zero-order valence-corrected chi connectivity index (χ0v) is 17.5. The lowest BCUT2D eigenvalue weighted by Crippen LogP contribution is -2.57. The molecule has 0 aromatic heterocycles. The fraction of sp³-hybridized carbons (Fsp3) is 0.409. The molecule has 29 heavy (non-hydrogen) atoms. The van der Waals surface area contributed by atoms with Gasteiger partial charge in [-0.25, -0.2) is 8.42 Å². The fourth-order valence-electron chi connectivity index (χ4n) is 4.12. The van der Waals surface area contributed by atoms with Crippen LogP contribution in [0.2, 0.25) is 0 Å². The molecule has 0 spiro atoms. The molecule has 0 radical (unpaired) electrons. The molecule has 0 aliphatic carbocycles. The number of piperazine rings is 1. The van der Waals surface area contributed by atoms with Gasteiger partial charge in [0.1, 0.15) is 18.4 Å². The van der Waals surface area contributed by atoms with Crippen molar-refractivity contribution in [3.63, 3.8) is 0 Å². The fourth-order valence-corrected chi connectivity index (χ4v) is 5.99. The summed E-state index contributed by atoms with van der Waals surface area (Å²) in [5.74, 6) is 0.577. The van der Waals surface area contributed by atoms with Gasteiger partial charge in [-0.2, -0.15) is 4.31 Å². The maximum Gasteiger partial charge on any atom is 0.244 e. The van der Waals surface area contributed by atoms with Crippen LogP contribution in [0.4, 0.5) is 0 Å². The molecular weight excluding hydrogens is 388 g/mol. The molecule has 2 aromatic carbocycles. The number of rotatable bonds is 6. The Hall–Kier alpha value is -2.38. The summed E-state index contributed by atoms with van der Waals surface area (Å²) < 4.78 is 34.1. The Bertz CT molecular complexity index is 1000. The Morgan fingerprint density at radius 3 is 2.62 bits per heavy atom. The SMILES string of the molecule is CC(C)c1cc(S(=O)(=O)N2C3CCC2C(=O)NC3)ccc1OCc1ccccc1. The summed E-state index contributed by atoms with van der Waals surface area (Å²) in [6.07, 6.45) is 1.28. The standard InChI is InChI=1S/C22H26N2O4S/c1-15(2)19-12-18(9-11-21(19)28-14-16-6-4-3-5-7-16)29(26,27)24-17-8-10-20(24)22(25)23-13-17/h3-7,9,11-12,15,17,20H,8,10,13-14H2,1-2H3,(H,23,25). The van der Waals surface area contributed by atoms with Gasteiger partial charge < -0.3 is 10.1 Å².